The summed E-state index contributed by atoms with van der Waals surface area (Å²) in [6.07, 6.45) is 2.70. The Morgan fingerprint density at radius 1 is 1.21 bits per heavy atom. The molecule has 2 aliphatic rings. The number of carboxylic acids is 1. The number of pyridine rings is 1. The zero-order valence-electron chi connectivity index (χ0n) is 15.4. The maximum atomic E-state index is 15.1. The van der Waals surface area contributed by atoms with Gasteiger partial charge in [0.1, 0.15) is 5.56 Å². The molecule has 0 radical (unpaired) electrons. The predicted octanol–water partition coefficient (Wildman–Crippen LogP) is 3.15. The van der Waals surface area contributed by atoms with Gasteiger partial charge in [-0.15, -0.1) is 0 Å². The Bertz CT molecular complexity index is 1040. The second kappa shape index (κ2) is 6.70. The van der Waals surface area contributed by atoms with Gasteiger partial charge < -0.3 is 19.9 Å². The lowest BCUT2D eigenvalue weighted by molar-refractivity contribution is 0.0695. The molecule has 150 valence electrons. The van der Waals surface area contributed by atoms with Gasteiger partial charge in [0, 0.05) is 37.4 Å². The average molecular weight is 412 g/mol. The van der Waals surface area contributed by atoms with Crippen molar-refractivity contribution in [2.75, 3.05) is 18.0 Å². The number of benzene rings is 1. The van der Waals surface area contributed by atoms with Crippen molar-refractivity contribution in [2.45, 2.75) is 44.8 Å². The Morgan fingerprint density at radius 2 is 1.82 bits per heavy atom. The number of nitrogens with one attached hydrogen (secondary N) is 1. The number of carboxylic acid groups (broad SMARTS) is 1. The van der Waals surface area contributed by atoms with Gasteiger partial charge in [-0.25, -0.2) is 13.6 Å². The third-order valence-corrected chi connectivity index (χ3v) is 5.67. The van der Waals surface area contributed by atoms with E-state index in [4.69, 9.17) is 11.6 Å². The van der Waals surface area contributed by atoms with Gasteiger partial charge in [0.25, 0.3) is 0 Å². The summed E-state index contributed by atoms with van der Waals surface area (Å²) in [6.45, 7) is 4.72. The molecule has 2 atom stereocenters. The van der Waals surface area contributed by atoms with Crippen LogP contribution >= 0.6 is 11.6 Å². The molecule has 0 bridgehead atoms. The first-order chi connectivity index (χ1) is 13.2. The minimum atomic E-state index is -1.48. The third-order valence-electron chi connectivity index (χ3n) is 5.32. The van der Waals surface area contributed by atoms with Crippen LogP contribution < -0.4 is 15.6 Å². The van der Waals surface area contributed by atoms with Crippen LogP contribution in [0.15, 0.2) is 11.0 Å². The molecular formula is C19H20ClF2N3O3. The molecule has 1 aromatic carbocycles. The van der Waals surface area contributed by atoms with Crippen molar-refractivity contribution >= 4 is 34.2 Å². The Hall–Kier alpha value is -2.19. The lowest BCUT2D eigenvalue weighted by atomic mass is 10.1. The van der Waals surface area contributed by atoms with Crippen molar-refractivity contribution in [3.05, 3.63) is 38.6 Å². The van der Waals surface area contributed by atoms with Gasteiger partial charge in [-0.3, -0.25) is 4.79 Å². The SMILES string of the molecule is C[C@@H]1CN(c2c(F)c(F)c3c(=O)c(C(=O)O)cn(C4CC4)c3c2Cl)C[C@H](C)N1. The van der Waals surface area contributed by atoms with Gasteiger partial charge in [-0.2, -0.15) is 0 Å². The second-order valence-corrected chi connectivity index (χ2v) is 8.08. The van der Waals surface area contributed by atoms with E-state index < -0.39 is 34.0 Å². The molecular weight excluding hydrogens is 392 g/mol. The minimum Gasteiger partial charge on any atom is -0.477 e. The number of aromatic nitrogens is 1. The Kier molecular flexibility index (Phi) is 4.58. The summed E-state index contributed by atoms with van der Waals surface area (Å²) >= 11 is 6.55. The average Bonchev–Trinajstić information content (AvgIpc) is 3.43. The number of nitrogens with zero attached hydrogens (tertiary/aromatic N) is 2. The molecule has 1 aromatic heterocycles. The van der Waals surface area contributed by atoms with Crippen molar-refractivity contribution in [3.8, 4) is 0 Å². The molecule has 6 nitrogen and oxygen atoms in total. The smallest absolute Gasteiger partial charge is 0.341 e. The Labute approximate surface area is 164 Å². The fourth-order valence-corrected chi connectivity index (χ4v) is 4.46. The minimum absolute atomic E-state index is 0.0398. The molecule has 0 spiro atoms. The highest BCUT2D eigenvalue weighted by molar-refractivity contribution is 6.38. The predicted molar refractivity (Wildman–Crippen MR) is 103 cm³/mol. The van der Waals surface area contributed by atoms with Gasteiger partial charge in [0.15, 0.2) is 11.6 Å². The number of aromatic carboxylic acids is 1. The van der Waals surface area contributed by atoms with E-state index >= 15 is 8.78 Å². The van der Waals surface area contributed by atoms with Crippen molar-refractivity contribution < 1.29 is 18.7 Å². The number of piperazine rings is 1. The zero-order valence-corrected chi connectivity index (χ0v) is 16.2. The molecule has 9 heteroatoms. The monoisotopic (exact) mass is 411 g/mol. The van der Waals surface area contributed by atoms with Gasteiger partial charge >= 0.3 is 5.97 Å². The Morgan fingerprint density at radius 3 is 2.36 bits per heavy atom. The van der Waals surface area contributed by atoms with Crippen molar-refractivity contribution in [1.82, 2.24) is 9.88 Å². The number of rotatable bonds is 3. The summed E-state index contributed by atoms with van der Waals surface area (Å²) in [7, 11) is 0. The molecule has 1 saturated heterocycles. The first-order valence-corrected chi connectivity index (χ1v) is 9.58. The molecule has 1 aliphatic carbocycles. The summed E-state index contributed by atoms with van der Waals surface area (Å²) < 4.78 is 31.7. The molecule has 0 unspecified atom stereocenters. The highest BCUT2D eigenvalue weighted by Crippen LogP contribution is 2.43. The van der Waals surface area contributed by atoms with Gasteiger partial charge in [0.2, 0.25) is 5.43 Å². The zero-order chi connectivity index (χ0) is 20.3. The van der Waals surface area contributed by atoms with Crippen LogP contribution in [0.2, 0.25) is 5.02 Å². The molecule has 2 N–H and O–H groups in total. The molecule has 1 saturated carbocycles. The van der Waals surface area contributed by atoms with E-state index in [9.17, 15) is 14.7 Å². The lowest BCUT2D eigenvalue weighted by Gasteiger charge is -2.38. The highest BCUT2D eigenvalue weighted by atomic mass is 35.5. The van der Waals surface area contributed by atoms with E-state index in [1.165, 1.54) is 10.8 Å². The van der Waals surface area contributed by atoms with Gasteiger partial charge in [-0.05, 0) is 26.7 Å². The van der Waals surface area contributed by atoms with Crippen molar-refractivity contribution in [1.29, 1.82) is 0 Å². The van der Waals surface area contributed by atoms with Crippen LogP contribution in [0.4, 0.5) is 14.5 Å². The number of carbonyl (C=O) groups is 1. The molecule has 1 aliphatic heterocycles. The van der Waals surface area contributed by atoms with Crippen molar-refractivity contribution in [2.24, 2.45) is 0 Å². The Balaban J connectivity index is 2.05. The lowest BCUT2D eigenvalue weighted by Crippen LogP contribution is -2.54. The first kappa shape index (κ1) is 19.1. The summed E-state index contributed by atoms with van der Waals surface area (Å²) in [4.78, 5) is 25.7. The van der Waals surface area contributed by atoms with Crippen LogP contribution in [-0.4, -0.2) is 40.8 Å². The van der Waals surface area contributed by atoms with Gasteiger partial charge in [-0.1, -0.05) is 11.6 Å². The van der Waals surface area contributed by atoms with Gasteiger partial charge in [0.05, 0.1) is 21.6 Å². The van der Waals surface area contributed by atoms with E-state index in [2.05, 4.69) is 5.32 Å². The fraction of sp³-hybridized carbons (Fsp3) is 0.474. The molecule has 2 fully saturated rings. The fourth-order valence-electron chi connectivity index (χ4n) is 4.06. The van der Waals surface area contributed by atoms with Crippen LogP contribution in [0.25, 0.3) is 10.9 Å². The number of fused-ring (bicyclic) bond motifs is 1. The topological polar surface area (TPSA) is 74.6 Å². The van der Waals surface area contributed by atoms with E-state index in [0.717, 1.165) is 12.8 Å². The number of halogens is 3. The summed E-state index contributed by atoms with van der Waals surface area (Å²) in [6, 6.07) is -0.00625. The summed E-state index contributed by atoms with van der Waals surface area (Å²) in [5.41, 5.74) is -1.67. The van der Waals surface area contributed by atoms with Crippen LogP contribution in [0, 0.1) is 11.6 Å². The number of hydrogen-bond donors (Lipinski definition) is 2. The molecule has 28 heavy (non-hydrogen) atoms. The van der Waals surface area contributed by atoms with Crippen LogP contribution in [-0.2, 0) is 0 Å². The first-order valence-electron chi connectivity index (χ1n) is 9.20. The molecule has 4 rings (SSSR count). The van der Waals surface area contributed by atoms with Crippen LogP contribution in [0.3, 0.4) is 0 Å². The standard InChI is InChI=1S/C19H20ClF2N3O3/c1-8-5-24(6-9(2)23-8)17-13(20)16-12(14(21)15(17)22)18(26)11(19(27)28)7-25(16)10-3-4-10/h7-10,23H,3-6H2,1-2H3,(H,27,28)/t8-,9+. The maximum absolute atomic E-state index is 15.1. The van der Waals surface area contributed by atoms with Crippen LogP contribution in [0.5, 0.6) is 0 Å². The van der Waals surface area contributed by atoms with Crippen molar-refractivity contribution in [3.63, 3.8) is 0 Å². The highest BCUT2D eigenvalue weighted by Gasteiger charge is 2.34. The normalized spacial score (nSPS) is 22.7. The molecule has 2 heterocycles. The van der Waals surface area contributed by atoms with Crippen LogP contribution in [0.1, 0.15) is 43.1 Å². The summed E-state index contributed by atoms with van der Waals surface area (Å²) in [5.74, 6) is -4.05. The summed E-state index contributed by atoms with van der Waals surface area (Å²) in [5, 5.41) is 12.0. The second-order valence-electron chi connectivity index (χ2n) is 7.70. The van der Waals surface area contributed by atoms with E-state index in [0.29, 0.717) is 13.1 Å². The van der Waals surface area contributed by atoms with E-state index in [1.807, 2.05) is 13.8 Å². The maximum Gasteiger partial charge on any atom is 0.341 e. The molecule has 2 aromatic rings. The van der Waals surface area contributed by atoms with E-state index in [-0.39, 0.29) is 34.4 Å². The largest absolute Gasteiger partial charge is 0.477 e. The number of hydrogen-bond acceptors (Lipinski definition) is 4. The van der Waals surface area contributed by atoms with E-state index in [1.54, 1.807) is 4.90 Å². The third kappa shape index (κ3) is 2.95. The molecule has 0 amide bonds. The number of anilines is 1. The quantitative estimate of drug-likeness (QED) is 0.759.